The highest BCUT2D eigenvalue weighted by molar-refractivity contribution is 6.04. The Morgan fingerprint density at radius 3 is 2.69 bits per heavy atom. The number of hydrogen-bond donors (Lipinski definition) is 3. The third-order valence-corrected chi connectivity index (χ3v) is 6.21. The maximum Gasteiger partial charge on any atom is 0.276 e. The van der Waals surface area contributed by atoms with E-state index in [2.05, 4.69) is 15.5 Å². The Morgan fingerprint density at radius 2 is 1.97 bits per heavy atom. The Balaban J connectivity index is 1.41. The molecule has 3 N–H and O–H groups in total. The van der Waals surface area contributed by atoms with Crippen molar-refractivity contribution in [3.63, 3.8) is 0 Å². The molecule has 35 heavy (non-hydrogen) atoms. The van der Waals surface area contributed by atoms with E-state index in [-0.39, 0.29) is 25.3 Å². The summed E-state index contributed by atoms with van der Waals surface area (Å²) in [6.07, 6.45) is -1.72. The van der Waals surface area contributed by atoms with Crippen LogP contribution in [0.4, 0.5) is 10.1 Å². The molecule has 1 fully saturated rings. The Bertz CT molecular complexity index is 1120. The maximum absolute atomic E-state index is 14.8. The van der Waals surface area contributed by atoms with Crippen LogP contribution in [0.2, 0.25) is 0 Å². The molecular formula is C25H29FN4O5. The molecule has 9 nitrogen and oxygen atoms in total. The molecule has 2 aliphatic heterocycles. The zero-order valence-electron chi connectivity index (χ0n) is 19.6. The Hall–Kier alpha value is -3.34. The van der Waals surface area contributed by atoms with E-state index >= 15 is 0 Å². The first kappa shape index (κ1) is 24.8. The summed E-state index contributed by atoms with van der Waals surface area (Å²) >= 11 is 0. The van der Waals surface area contributed by atoms with Crippen molar-refractivity contribution in [2.75, 3.05) is 31.6 Å². The quantitative estimate of drug-likeness (QED) is 0.522. The molecule has 4 rings (SSSR count). The average molecular weight is 485 g/mol. The molecule has 0 bridgehead atoms. The van der Waals surface area contributed by atoms with Gasteiger partial charge in [0.25, 0.3) is 11.8 Å². The first-order chi connectivity index (χ1) is 16.9. The fourth-order valence-corrected chi connectivity index (χ4v) is 4.19. The molecule has 0 saturated carbocycles. The van der Waals surface area contributed by atoms with Crippen molar-refractivity contribution in [3.8, 4) is 0 Å². The molecule has 2 aliphatic rings. The van der Waals surface area contributed by atoms with Crippen molar-refractivity contribution in [3.05, 3.63) is 64.5 Å². The third-order valence-electron chi connectivity index (χ3n) is 6.21. The van der Waals surface area contributed by atoms with Gasteiger partial charge in [-0.2, -0.15) is 0 Å². The largest absolute Gasteiger partial charge is 0.381 e. The molecule has 186 valence electrons. The van der Waals surface area contributed by atoms with E-state index in [0.29, 0.717) is 42.1 Å². The summed E-state index contributed by atoms with van der Waals surface area (Å²) in [7, 11) is 0. The molecule has 1 unspecified atom stereocenters. The van der Waals surface area contributed by atoms with Crippen LogP contribution in [0.5, 0.6) is 0 Å². The summed E-state index contributed by atoms with van der Waals surface area (Å²) in [6, 6.07) is 10.2. The number of fused-ring (bicyclic) bond motifs is 1. The van der Waals surface area contributed by atoms with Gasteiger partial charge in [-0.15, -0.1) is 0 Å². The van der Waals surface area contributed by atoms with Gasteiger partial charge in [0.15, 0.2) is 0 Å². The van der Waals surface area contributed by atoms with Gasteiger partial charge < -0.3 is 20.1 Å². The number of amides is 3. The number of carbonyl (C=O) groups is 3. The number of ether oxygens (including phenoxy) is 1. The van der Waals surface area contributed by atoms with Crippen LogP contribution in [0.15, 0.2) is 36.4 Å². The average Bonchev–Trinajstić information content (AvgIpc) is 3.20. The second-order valence-electron chi connectivity index (χ2n) is 8.57. The fourth-order valence-electron chi connectivity index (χ4n) is 4.19. The lowest BCUT2D eigenvalue weighted by molar-refractivity contribution is -0.141. The van der Waals surface area contributed by atoms with Gasteiger partial charge in [0.1, 0.15) is 5.82 Å². The van der Waals surface area contributed by atoms with Crippen LogP contribution in [0.3, 0.4) is 0 Å². The van der Waals surface area contributed by atoms with Gasteiger partial charge in [0.05, 0.1) is 19.8 Å². The number of rotatable bonds is 8. The van der Waals surface area contributed by atoms with E-state index in [1.54, 1.807) is 37.3 Å². The molecular weight excluding hydrogens is 455 g/mol. The highest BCUT2D eigenvalue weighted by atomic mass is 19.1. The Morgan fingerprint density at radius 1 is 1.20 bits per heavy atom. The number of aliphatic hydroxyl groups excluding tert-OH is 1. The van der Waals surface area contributed by atoms with Gasteiger partial charge in [-0.25, -0.2) is 4.39 Å². The second kappa shape index (κ2) is 10.9. The Kier molecular flexibility index (Phi) is 7.74. The van der Waals surface area contributed by atoms with Gasteiger partial charge in [0, 0.05) is 55.0 Å². The minimum absolute atomic E-state index is 0.0206. The lowest BCUT2D eigenvalue weighted by Gasteiger charge is -2.26. The van der Waals surface area contributed by atoms with Crippen LogP contribution in [-0.4, -0.2) is 65.2 Å². The summed E-state index contributed by atoms with van der Waals surface area (Å²) < 4.78 is 20.1. The minimum Gasteiger partial charge on any atom is -0.381 e. The van der Waals surface area contributed by atoms with Gasteiger partial charge in [-0.3, -0.25) is 24.6 Å². The number of nitrogens with zero attached hydrogens (tertiary/aromatic N) is 2. The number of halogens is 1. The molecule has 0 radical (unpaired) electrons. The number of morpholine rings is 1. The van der Waals surface area contributed by atoms with E-state index in [1.165, 1.54) is 0 Å². The van der Waals surface area contributed by atoms with E-state index in [9.17, 15) is 23.9 Å². The predicted octanol–water partition coefficient (Wildman–Crippen LogP) is 1.60. The number of nitrogens with one attached hydrogen (secondary N) is 2. The van der Waals surface area contributed by atoms with Crippen molar-refractivity contribution < 1.29 is 28.6 Å². The summed E-state index contributed by atoms with van der Waals surface area (Å²) in [5.41, 5.74) is 2.91. The standard InChI is InChI=1S/C25H29FN4O5/c1-2-22(31)28-23(32)25(34)30-15-19-18(24(30)33)4-3-5-21(19)27-13-17-7-6-16(12-20(17)26)14-29-8-10-35-11-9-29/h3-7,12,25,27,34H,2,8-11,13-15H2,1H3,(H,28,31,32). The number of carbonyl (C=O) groups excluding carboxylic acids is 3. The van der Waals surface area contributed by atoms with Crippen LogP contribution >= 0.6 is 0 Å². The summed E-state index contributed by atoms with van der Waals surface area (Å²) in [5.74, 6) is -2.33. The highest BCUT2D eigenvalue weighted by Gasteiger charge is 2.36. The van der Waals surface area contributed by atoms with Crippen LogP contribution in [0, 0.1) is 5.82 Å². The molecule has 0 spiro atoms. The lowest BCUT2D eigenvalue weighted by Crippen LogP contribution is -2.48. The zero-order chi connectivity index (χ0) is 24.9. The van der Waals surface area contributed by atoms with Crippen molar-refractivity contribution in [1.82, 2.24) is 15.1 Å². The number of hydrogen-bond acceptors (Lipinski definition) is 7. The van der Waals surface area contributed by atoms with Crippen LogP contribution in [0.1, 0.15) is 40.4 Å². The number of imide groups is 1. The molecule has 10 heteroatoms. The van der Waals surface area contributed by atoms with E-state index in [0.717, 1.165) is 23.6 Å². The smallest absolute Gasteiger partial charge is 0.276 e. The summed E-state index contributed by atoms with van der Waals surface area (Å²) in [5, 5.41) is 15.6. The van der Waals surface area contributed by atoms with E-state index in [4.69, 9.17) is 4.74 Å². The van der Waals surface area contributed by atoms with E-state index < -0.39 is 23.9 Å². The molecule has 2 aromatic carbocycles. The van der Waals surface area contributed by atoms with Gasteiger partial charge in [0.2, 0.25) is 12.1 Å². The van der Waals surface area contributed by atoms with Gasteiger partial charge >= 0.3 is 0 Å². The van der Waals surface area contributed by atoms with Crippen LogP contribution in [0.25, 0.3) is 0 Å². The maximum atomic E-state index is 14.8. The fraction of sp³-hybridized carbons (Fsp3) is 0.400. The van der Waals surface area contributed by atoms with Crippen molar-refractivity contribution >= 4 is 23.4 Å². The van der Waals surface area contributed by atoms with Gasteiger partial charge in [-0.1, -0.05) is 25.1 Å². The molecule has 2 heterocycles. The van der Waals surface area contributed by atoms with Crippen molar-refractivity contribution in [1.29, 1.82) is 0 Å². The minimum atomic E-state index is -1.80. The molecule has 1 atom stereocenters. The number of anilines is 1. The lowest BCUT2D eigenvalue weighted by atomic mass is 10.1. The molecule has 3 amide bonds. The number of aliphatic hydroxyl groups is 1. The van der Waals surface area contributed by atoms with Crippen molar-refractivity contribution in [2.45, 2.75) is 39.2 Å². The first-order valence-electron chi connectivity index (χ1n) is 11.6. The summed E-state index contributed by atoms with van der Waals surface area (Å²) in [4.78, 5) is 39.6. The van der Waals surface area contributed by atoms with E-state index in [1.807, 2.05) is 6.07 Å². The molecule has 1 saturated heterocycles. The number of benzene rings is 2. The topological polar surface area (TPSA) is 111 Å². The molecule has 2 aromatic rings. The normalized spacial score (nSPS) is 16.7. The SMILES string of the molecule is CCC(=O)NC(=O)C(O)N1Cc2c(NCc3ccc(CN4CCOCC4)cc3F)cccc2C1=O. The zero-order valence-corrected chi connectivity index (χ0v) is 19.6. The Labute approximate surface area is 202 Å². The second-order valence-corrected chi connectivity index (χ2v) is 8.57. The monoisotopic (exact) mass is 484 g/mol. The molecule has 0 aliphatic carbocycles. The highest BCUT2D eigenvalue weighted by Crippen LogP contribution is 2.31. The molecule has 0 aromatic heterocycles. The van der Waals surface area contributed by atoms with Gasteiger partial charge in [-0.05, 0) is 23.8 Å². The van der Waals surface area contributed by atoms with Crippen molar-refractivity contribution in [2.24, 2.45) is 0 Å². The predicted molar refractivity (Wildman–Crippen MR) is 126 cm³/mol. The van der Waals surface area contributed by atoms with Crippen LogP contribution in [-0.2, 0) is 34.0 Å². The third kappa shape index (κ3) is 5.67. The summed E-state index contributed by atoms with van der Waals surface area (Å²) in [6.45, 7) is 5.43. The van der Waals surface area contributed by atoms with Crippen LogP contribution < -0.4 is 10.6 Å². The first-order valence-corrected chi connectivity index (χ1v) is 11.6.